The van der Waals surface area contributed by atoms with Crippen LogP contribution in [0.25, 0.3) is 0 Å². The van der Waals surface area contributed by atoms with Gasteiger partial charge in [0.25, 0.3) is 0 Å². The molecule has 1 aromatic carbocycles. The Morgan fingerprint density at radius 1 is 0.679 bits per heavy atom. The molecular weight excluding hydrogens is 336 g/mol. The minimum absolute atomic E-state index is 0.851. The first kappa shape index (κ1) is 21.9. The third kappa shape index (κ3) is 6.64. The maximum absolute atomic E-state index is 2.62. The molecule has 158 valence electrons. The second kappa shape index (κ2) is 12.0. The molecule has 0 aromatic heterocycles. The van der Waals surface area contributed by atoms with E-state index in [4.69, 9.17) is 0 Å². The average Bonchev–Trinajstić information content (AvgIpc) is 2.74. The van der Waals surface area contributed by atoms with E-state index >= 15 is 0 Å². The van der Waals surface area contributed by atoms with Crippen LogP contribution in [-0.2, 0) is 12.8 Å². The lowest BCUT2D eigenvalue weighted by Gasteiger charge is -2.30. The summed E-state index contributed by atoms with van der Waals surface area (Å²) in [5, 5.41) is 0. The Hall–Kier alpha value is -0.780. The Kier molecular flexibility index (Phi) is 9.42. The van der Waals surface area contributed by atoms with Gasteiger partial charge >= 0.3 is 0 Å². The average molecular weight is 383 g/mol. The fourth-order valence-electron chi connectivity index (χ4n) is 5.84. The second-order valence-corrected chi connectivity index (χ2v) is 10.1. The van der Waals surface area contributed by atoms with E-state index in [2.05, 4.69) is 32.0 Å². The van der Waals surface area contributed by atoms with Crippen LogP contribution < -0.4 is 0 Å². The lowest BCUT2D eigenvalue weighted by atomic mass is 9.75. The molecule has 0 spiro atoms. The molecular formula is C28H46. The van der Waals surface area contributed by atoms with Gasteiger partial charge in [0, 0.05) is 0 Å². The minimum Gasteiger partial charge on any atom is -0.0654 e. The predicted octanol–water partition coefficient (Wildman–Crippen LogP) is 9.01. The number of rotatable bonds is 11. The highest BCUT2D eigenvalue weighted by molar-refractivity contribution is 5.36. The zero-order valence-corrected chi connectivity index (χ0v) is 19.0. The van der Waals surface area contributed by atoms with Crippen LogP contribution in [0.1, 0.15) is 133 Å². The lowest BCUT2D eigenvalue weighted by molar-refractivity contribution is 0.304. The van der Waals surface area contributed by atoms with Gasteiger partial charge in [-0.25, -0.2) is 0 Å². The van der Waals surface area contributed by atoms with Crippen LogP contribution in [0, 0.1) is 11.8 Å². The Labute approximate surface area is 175 Å². The number of fused-ring (bicyclic) bond motifs is 1. The van der Waals surface area contributed by atoms with Gasteiger partial charge in [-0.2, -0.15) is 0 Å². The molecule has 3 rings (SSSR count). The third-order valence-electron chi connectivity index (χ3n) is 7.81. The zero-order valence-electron chi connectivity index (χ0n) is 19.0. The molecule has 0 heteroatoms. The topological polar surface area (TPSA) is 0 Å². The molecule has 2 aliphatic carbocycles. The smallest absolute Gasteiger partial charge is 0.0162 e. The summed E-state index contributed by atoms with van der Waals surface area (Å²) < 4.78 is 0. The van der Waals surface area contributed by atoms with Gasteiger partial charge in [0.1, 0.15) is 0 Å². The minimum atomic E-state index is 0.851. The van der Waals surface area contributed by atoms with Gasteiger partial charge < -0.3 is 0 Å². The monoisotopic (exact) mass is 382 g/mol. The highest BCUT2D eigenvalue weighted by atomic mass is 14.3. The molecule has 28 heavy (non-hydrogen) atoms. The standard InChI is InChI=1S/C28H46/c1-3-5-7-8-9-10-12-24-15-18-28-22-27(20-19-26(28)21-24)25-16-13-23(14-17-25)11-6-4-2/h19-20,22-25H,3-18,21H2,1-2H3. The van der Waals surface area contributed by atoms with Crippen molar-refractivity contribution < 1.29 is 0 Å². The van der Waals surface area contributed by atoms with Gasteiger partial charge in [0.05, 0.1) is 0 Å². The maximum atomic E-state index is 2.62. The van der Waals surface area contributed by atoms with Crippen LogP contribution in [0.3, 0.4) is 0 Å². The largest absolute Gasteiger partial charge is 0.0654 e. The van der Waals surface area contributed by atoms with Crippen molar-refractivity contribution in [2.24, 2.45) is 11.8 Å². The van der Waals surface area contributed by atoms with E-state index in [1.165, 1.54) is 109 Å². The van der Waals surface area contributed by atoms with Crippen molar-refractivity contribution in [3.8, 4) is 0 Å². The van der Waals surface area contributed by atoms with E-state index in [1.807, 2.05) is 0 Å². The molecule has 0 radical (unpaired) electrons. The Bertz CT molecular complexity index is 549. The molecule has 0 N–H and O–H groups in total. The SMILES string of the molecule is CCCCCCCCC1CCc2cc(C3CCC(CCCC)CC3)ccc2C1. The van der Waals surface area contributed by atoms with Gasteiger partial charge in [-0.05, 0) is 79.4 Å². The van der Waals surface area contributed by atoms with Crippen LogP contribution in [0.4, 0.5) is 0 Å². The number of hydrogen-bond acceptors (Lipinski definition) is 0. The first-order chi connectivity index (χ1) is 13.8. The maximum Gasteiger partial charge on any atom is -0.0162 e. The molecule has 0 bridgehead atoms. The molecule has 0 aliphatic heterocycles. The molecule has 1 saturated carbocycles. The van der Waals surface area contributed by atoms with E-state index in [0.29, 0.717) is 0 Å². The summed E-state index contributed by atoms with van der Waals surface area (Å²) in [6, 6.07) is 7.64. The number of unbranched alkanes of at least 4 members (excludes halogenated alkanes) is 6. The summed E-state index contributed by atoms with van der Waals surface area (Å²) in [5.41, 5.74) is 5.05. The van der Waals surface area contributed by atoms with Crippen molar-refractivity contribution >= 4 is 0 Å². The summed E-state index contributed by atoms with van der Waals surface area (Å²) in [5.74, 6) is 2.83. The van der Waals surface area contributed by atoms with Crippen LogP contribution in [0.5, 0.6) is 0 Å². The van der Waals surface area contributed by atoms with Crippen molar-refractivity contribution in [2.75, 3.05) is 0 Å². The van der Waals surface area contributed by atoms with Crippen LogP contribution in [-0.4, -0.2) is 0 Å². The molecule has 0 heterocycles. The van der Waals surface area contributed by atoms with Gasteiger partial charge in [-0.15, -0.1) is 0 Å². The van der Waals surface area contributed by atoms with Gasteiger partial charge in [-0.3, -0.25) is 0 Å². The normalized spacial score (nSPS) is 24.9. The van der Waals surface area contributed by atoms with E-state index in [9.17, 15) is 0 Å². The first-order valence-electron chi connectivity index (χ1n) is 12.9. The summed E-state index contributed by atoms with van der Waals surface area (Å²) in [6.07, 6.45) is 24.3. The molecule has 0 nitrogen and oxygen atoms in total. The van der Waals surface area contributed by atoms with Gasteiger partial charge in [0.15, 0.2) is 0 Å². The highest BCUT2D eigenvalue weighted by Crippen LogP contribution is 2.39. The first-order valence-corrected chi connectivity index (χ1v) is 12.9. The zero-order chi connectivity index (χ0) is 19.6. The quantitative estimate of drug-likeness (QED) is 0.335. The molecule has 1 fully saturated rings. The summed E-state index contributed by atoms with van der Waals surface area (Å²) in [6.45, 7) is 4.64. The second-order valence-electron chi connectivity index (χ2n) is 10.1. The van der Waals surface area contributed by atoms with E-state index in [0.717, 1.165) is 17.8 Å². The molecule has 2 aliphatic rings. The van der Waals surface area contributed by atoms with E-state index in [-0.39, 0.29) is 0 Å². The number of aryl methyl sites for hydroxylation is 1. The van der Waals surface area contributed by atoms with Crippen LogP contribution >= 0.6 is 0 Å². The molecule has 0 saturated heterocycles. The van der Waals surface area contributed by atoms with Crippen molar-refractivity contribution in [1.82, 2.24) is 0 Å². The molecule has 1 unspecified atom stereocenters. The number of benzene rings is 1. The van der Waals surface area contributed by atoms with Crippen molar-refractivity contribution in [3.05, 3.63) is 34.9 Å². The van der Waals surface area contributed by atoms with Gasteiger partial charge in [0.2, 0.25) is 0 Å². The predicted molar refractivity (Wildman–Crippen MR) is 124 cm³/mol. The fourth-order valence-corrected chi connectivity index (χ4v) is 5.84. The lowest BCUT2D eigenvalue weighted by Crippen LogP contribution is -2.16. The van der Waals surface area contributed by atoms with E-state index in [1.54, 1.807) is 16.7 Å². The van der Waals surface area contributed by atoms with Gasteiger partial charge in [-0.1, -0.05) is 96.3 Å². The third-order valence-corrected chi connectivity index (χ3v) is 7.81. The summed E-state index contributed by atoms with van der Waals surface area (Å²) >= 11 is 0. The Morgan fingerprint density at radius 2 is 1.39 bits per heavy atom. The summed E-state index contributed by atoms with van der Waals surface area (Å²) in [7, 11) is 0. The Morgan fingerprint density at radius 3 is 2.18 bits per heavy atom. The van der Waals surface area contributed by atoms with Crippen LogP contribution in [0.15, 0.2) is 18.2 Å². The van der Waals surface area contributed by atoms with Crippen LogP contribution in [0.2, 0.25) is 0 Å². The summed E-state index contributed by atoms with van der Waals surface area (Å²) in [4.78, 5) is 0. The fraction of sp³-hybridized carbons (Fsp3) is 0.786. The Balaban J connectivity index is 1.43. The van der Waals surface area contributed by atoms with Crippen molar-refractivity contribution in [2.45, 2.75) is 129 Å². The highest BCUT2D eigenvalue weighted by Gasteiger charge is 2.24. The molecule has 1 aromatic rings. The molecule has 0 amide bonds. The number of hydrogen-bond donors (Lipinski definition) is 0. The molecule has 1 atom stereocenters. The van der Waals surface area contributed by atoms with E-state index < -0.39 is 0 Å². The van der Waals surface area contributed by atoms with Crippen molar-refractivity contribution in [1.29, 1.82) is 0 Å². The van der Waals surface area contributed by atoms with Crippen molar-refractivity contribution in [3.63, 3.8) is 0 Å².